The molecule has 0 spiro atoms. The minimum absolute atomic E-state index is 0.102. The van der Waals surface area contributed by atoms with Crippen molar-refractivity contribution >= 4 is 18.0 Å². The topological polar surface area (TPSA) is 35.8 Å². The monoisotopic (exact) mass is 160 g/mol. The lowest BCUT2D eigenvalue weighted by Gasteiger charge is -2.19. The summed E-state index contributed by atoms with van der Waals surface area (Å²) in [6.45, 7) is 4.14. The minimum Gasteiger partial charge on any atom is -0.495 e. The summed E-state index contributed by atoms with van der Waals surface area (Å²) in [5.41, 5.74) is 0. The molecule has 0 aromatic carbocycles. The largest absolute Gasteiger partial charge is 0.495 e. The van der Waals surface area contributed by atoms with Crippen molar-refractivity contribution in [2.75, 3.05) is 7.05 Å². The van der Waals surface area contributed by atoms with Crippen LogP contribution in [0.15, 0.2) is 4.40 Å². The second kappa shape index (κ2) is 2.80. The van der Waals surface area contributed by atoms with Crippen molar-refractivity contribution in [3.63, 3.8) is 0 Å². The Bertz CT molecular complexity index is 158. The van der Waals surface area contributed by atoms with Crippen LogP contribution in [0.5, 0.6) is 0 Å². The Labute approximate surface area is 65.4 Å². The van der Waals surface area contributed by atoms with E-state index in [9.17, 15) is 5.11 Å². The van der Waals surface area contributed by atoms with Crippen LogP contribution in [0, 0.1) is 5.92 Å². The molecule has 0 aromatic heterocycles. The highest BCUT2D eigenvalue weighted by Crippen LogP contribution is 2.26. The first-order valence-corrected chi connectivity index (χ1v) is 4.02. The van der Waals surface area contributed by atoms with Crippen LogP contribution >= 0.6 is 12.1 Å². The molecule has 1 aliphatic heterocycles. The fraction of sp³-hybridized carbons (Fsp3) is 0.833. The lowest BCUT2D eigenvalue weighted by molar-refractivity contribution is 0.361. The van der Waals surface area contributed by atoms with E-state index in [-0.39, 0.29) is 11.9 Å². The average molecular weight is 160 g/mol. The molecule has 0 aliphatic carbocycles. The smallest absolute Gasteiger partial charge is 0.212 e. The molecule has 0 fully saturated rings. The van der Waals surface area contributed by atoms with Gasteiger partial charge in [-0.1, -0.05) is 13.8 Å². The summed E-state index contributed by atoms with van der Waals surface area (Å²) in [5.74, 6) is 0.672. The maximum Gasteiger partial charge on any atom is 0.212 e. The van der Waals surface area contributed by atoms with Crippen molar-refractivity contribution in [2.45, 2.75) is 19.9 Å². The van der Waals surface area contributed by atoms with Gasteiger partial charge < -0.3 is 5.11 Å². The summed E-state index contributed by atoms with van der Waals surface area (Å²) in [5, 5.41) is 9.22. The molecule has 0 saturated heterocycles. The Morgan fingerprint density at radius 1 is 1.70 bits per heavy atom. The Hall–Kier alpha value is -0.220. The van der Waals surface area contributed by atoms with Gasteiger partial charge in [0.15, 0.2) is 0 Å². The van der Waals surface area contributed by atoms with Crippen molar-refractivity contribution in [1.29, 1.82) is 0 Å². The van der Waals surface area contributed by atoms with Gasteiger partial charge in [-0.05, 0) is 5.92 Å². The lowest BCUT2D eigenvalue weighted by Crippen LogP contribution is -2.34. The van der Waals surface area contributed by atoms with E-state index >= 15 is 0 Å². The van der Waals surface area contributed by atoms with Gasteiger partial charge in [-0.2, -0.15) is 4.40 Å². The summed E-state index contributed by atoms with van der Waals surface area (Å²) < 4.78 is 5.79. The predicted octanol–water partition coefficient (Wildman–Crippen LogP) is 1.48. The second-order valence-electron chi connectivity index (χ2n) is 2.77. The maximum absolute atomic E-state index is 9.22. The molecule has 1 atom stereocenters. The van der Waals surface area contributed by atoms with Gasteiger partial charge in [-0.15, -0.1) is 0 Å². The van der Waals surface area contributed by atoms with E-state index in [2.05, 4.69) is 18.2 Å². The van der Waals surface area contributed by atoms with Gasteiger partial charge in [-0.3, -0.25) is 0 Å². The van der Waals surface area contributed by atoms with Crippen LogP contribution in [-0.2, 0) is 0 Å². The van der Waals surface area contributed by atoms with E-state index in [1.165, 1.54) is 12.1 Å². The van der Waals surface area contributed by atoms with Crippen LogP contribution < -0.4 is 0 Å². The van der Waals surface area contributed by atoms with Crippen LogP contribution in [0.1, 0.15) is 13.8 Å². The Morgan fingerprint density at radius 3 is 2.50 bits per heavy atom. The van der Waals surface area contributed by atoms with E-state index in [0.717, 1.165) is 0 Å². The molecule has 10 heavy (non-hydrogen) atoms. The number of likely N-dealkylation sites (N-methyl/N-ethyl adjacent to an activating group) is 1. The molecular weight excluding hydrogens is 148 g/mol. The van der Waals surface area contributed by atoms with Gasteiger partial charge in [0, 0.05) is 7.05 Å². The first kappa shape index (κ1) is 7.88. The Morgan fingerprint density at radius 2 is 2.30 bits per heavy atom. The van der Waals surface area contributed by atoms with Crippen molar-refractivity contribution in [3.8, 4) is 0 Å². The summed E-state index contributed by atoms with van der Waals surface area (Å²) in [4.78, 5) is 0. The van der Waals surface area contributed by atoms with Gasteiger partial charge in [0.2, 0.25) is 5.90 Å². The van der Waals surface area contributed by atoms with Gasteiger partial charge in [0.1, 0.15) is 6.04 Å². The molecule has 1 N–H and O–H groups in total. The predicted molar refractivity (Wildman–Crippen MR) is 44.0 cm³/mol. The number of rotatable bonds is 1. The van der Waals surface area contributed by atoms with Gasteiger partial charge in [0.05, 0.1) is 12.1 Å². The molecule has 58 valence electrons. The summed E-state index contributed by atoms with van der Waals surface area (Å²) >= 11 is 1.31. The molecule has 1 unspecified atom stereocenters. The summed E-state index contributed by atoms with van der Waals surface area (Å²) in [6, 6.07) is 0.102. The zero-order valence-electron chi connectivity index (χ0n) is 6.40. The SMILES string of the molecule is CC(C)C1C(O)=NSN1C. The highest BCUT2D eigenvalue weighted by atomic mass is 32.2. The molecule has 0 radical (unpaired) electrons. The minimum atomic E-state index is 0.102. The van der Waals surface area contributed by atoms with E-state index in [4.69, 9.17) is 0 Å². The average Bonchev–Trinajstić information content (AvgIpc) is 2.11. The fourth-order valence-electron chi connectivity index (χ4n) is 1.09. The van der Waals surface area contributed by atoms with Crippen LogP contribution in [-0.4, -0.2) is 28.4 Å². The molecule has 1 aliphatic rings. The third-order valence-corrected chi connectivity index (χ3v) is 2.30. The second-order valence-corrected chi connectivity index (χ2v) is 3.69. The van der Waals surface area contributed by atoms with E-state index in [0.29, 0.717) is 5.92 Å². The van der Waals surface area contributed by atoms with Crippen LogP contribution in [0.4, 0.5) is 0 Å². The summed E-state index contributed by atoms with van der Waals surface area (Å²) in [6.07, 6.45) is 0. The first-order chi connectivity index (χ1) is 4.63. The van der Waals surface area contributed by atoms with E-state index in [1.807, 2.05) is 11.4 Å². The van der Waals surface area contributed by atoms with Gasteiger partial charge in [-0.25, -0.2) is 4.31 Å². The number of nitrogens with zero attached hydrogens (tertiary/aromatic N) is 2. The molecule has 1 heterocycles. The number of hydrogen-bond acceptors (Lipinski definition) is 3. The summed E-state index contributed by atoms with van der Waals surface area (Å²) in [7, 11) is 1.93. The Balaban J connectivity index is 2.64. The third-order valence-electron chi connectivity index (χ3n) is 1.55. The molecular formula is C6H12N2OS. The maximum atomic E-state index is 9.22. The van der Waals surface area contributed by atoms with Crippen molar-refractivity contribution in [2.24, 2.45) is 10.3 Å². The number of hydrogen-bond donors (Lipinski definition) is 1. The van der Waals surface area contributed by atoms with Crippen LogP contribution in [0.2, 0.25) is 0 Å². The van der Waals surface area contributed by atoms with E-state index < -0.39 is 0 Å². The highest BCUT2D eigenvalue weighted by molar-refractivity contribution is 7.96. The highest BCUT2D eigenvalue weighted by Gasteiger charge is 2.29. The lowest BCUT2D eigenvalue weighted by atomic mass is 10.1. The molecule has 1 rings (SSSR count). The Kier molecular flexibility index (Phi) is 2.21. The van der Waals surface area contributed by atoms with Gasteiger partial charge in [0.25, 0.3) is 0 Å². The molecule has 0 bridgehead atoms. The molecule has 0 saturated carbocycles. The fourth-order valence-corrected chi connectivity index (χ4v) is 1.85. The normalized spacial score (nSPS) is 27.6. The van der Waals surface area contributed by atoms with Crippen LogP contribution in [0.25, 0.3) is 0 Å². The van der Waals surface area contributed by atoms with Crippen LogP contribution in [0.3, 0.4) is 0 Å². The third kappa shape index (κ3) is 1.27. The first-order valence-electron chi connectivity index (χ1n) is 3.29. The molecule has 4 heteroatoms. The zero-order valence-corrected chi connectivity index (χ0v) is 7.22. The molecule has 0 amide bonds. The van der Waals surface area contributed by atoms with Gasteiger partial charge >= 0.3 is 0 Å². The number of aliphatic hydroxyl groups excluding tert-OH is 1. The van der Waals surface area contributed by atoms with Crippen molar-refractivity contribution in [3.05, 3.63) is 0 Å². The molecule has 0 aromatic rings. The quantitative estimate of drug-likeness (QED) is 0.590. The van der Waals surface area contributed by atoms with Crippen molar-refractivity contribution < 1.29 is 5.11 Å². The van der Waals surface area contributed by atoms with E-state index in [1.54, 1.807) is 0 Å². The zero-order chi connectivity index (χ0) is 7.72. The standard InChI is InChI=1S/C6H12N2OS/c1-4(2)5-6(9)7-10-8(5)3/h4-5H,1-3H3,(H,7,9). The molecule has 3 nitrogen and oxygen atoms in total. The number of aliphatic hydroxyl groups is 1. The van der Waals surface area contributed by atoms with Crippen molar-refractivity contribution in [1.82, 2.24) is 4.31 Å².